The zero-order chi connectivity index (χ0) is 47.7. The van der Waals surface area contributed by atoms with Crippen LogP contribution in [0.1, 0.15) is 245 Å². The van der Waals surface area contributed by atoms with Crippen molar-refractivity contribution in [3.8, 4) is 0 Å². The Bertz CT molecular complexity index is 1200. The SMILES string of the molecule is CC/C=C\C/C=C\C/C=C\C/C=C\CCCCCCCCC(=O)OC(COCCC(C(=O)O)[N+](C)(C)C)COC(=O)CCCCCCCCCCCCCCCCCCCCCCCC. The second-order valence-electron chi connectivity index (χ2n) is 19.5. The van der Waals surface area contributed by atoms with Crippen molar-refractivity contribution < 1.29 is 38.2 Å². The number of allylic oxidation sites excluding steroid dienone is 8. The third kappa shape index (κ3) is 46.2. The summed E-state index contributed by atoms with van der Waals surface area (Å²) in [6.07, 6.45) is 58.8. The third-order valence-corrected chi connectivity index (χ3v) is 12.2. The number of hydrogen-bond donors (Lipinski definition) is 1. The van der Waals surface area contributed by atoms with Gasteiger partial charge in [0, 0.05) is 19.3 Å². The Morgan fingerprint density at radius 3 is 1.28 bits per heavy atom. The standard InChI is InChI=1S/C57H103NO7/c1-6-8-10-12-14-16-18-20-22-24-26-27-28-30-31-33-35-37-39-41-43-45-47-55(59)64-52-53(51-63-50-49-54(57(61)62)58(3,4)5)65-56(60)48-46-44-42-40-38-36-34-32-29-25-23-21-19-17-15-13-11-9-7-2/h9,11,15,17,21,23,29,32,53-54H,6-8,10,12-14,16,18-20,22,24-28,30-31,33-52H2,1-5H3/p+1/b11-9-,17-15-,23-21-,32-29-. The van der Waals surface area contributed by atoms with Gasteiger partial charge in [0.25, 0.3) is 0 Å². The van der Waals surface area contributed by atoms with E-state index in [0.29, 0.717) is 19.3 Å². The third-order valence-electron chi connectivity index (χ3n) is 12.2. The lowest BCUT2D eigenvalue weighted by atomic mass is 10.0. The van der Waals surface area contributed by atoms with Gasteiger partial charge in [0.05, 0.1) is 34.4 Å². The van der Waals surface area contributed by atoms with Crippen LogP contribution >= 0.6 is 0 Å². The van der Waals surface area contributed by atoms with Crippen LogP contribution in [0.25, 0.3) is 0 Å². The smallest absolute Gasteiger partial charge is 0.362 e. The Labute approximate surface area is 401 Å². The number of quaternary nitrogens is 1. The quantitative estimate of drug-likeness (QED) is 0.0281. The summed E-state index contributed by atoms with van der Waals surface area (Å²) in [7, 11) is 5.54. The molecule has 0 aromatic carbocycles. The maximum absolute atomic E-state index is 12.8. The van der Waals surface area contributed by atoms with Gasteiger partial charge in [-0.2, -0.15) is 0 Å². The topological polar surface area (TPSA) is 99.1 Å². The van der Waals surface area contributed by atoms with Crippen LogP contribution in [0, 0.1) is 0 Å². The first-order chi connectivity index (χ1) is 31.6. The minimum Gasteiger partial charge on any atom is -0.477 e. The van der Waals surface area contributed by atoms with E-state index in [1.165, 1.54) is 135 Å². The molecule has 0 aliphatic heterocycles. The minimum absolute atomic E-state index is 0.0547. The number of hydrogen-bond acceptors (Lipinski definition) is 6. The molecule has 0 fully saturated rings. The molecule has 8 nitrogen and oxygen atoms in total. The van der Waals surface area contributed by atoms with Gasteiger partial charge in [-0.3, -0.25) is 9.59 Å². The zero-order valence-corrected chi connectivity index (χ0v) is 43.2. The van der Waals surface area contributed by atoms with Crippen LogP contribution in [-0.2, 0) is 28.6 Å². The van der Waals surface area contributed by atoms with E-state index >= 15 is 0 Å². The van der Waals surface area contributed by atoms with Gasteiger partial charge in [0.1, 0.15) is 6.61 Å². The molecular weight excluding hydrogens is 811 g/mol. The zero-order valence-electron chi connectivity index (χ0n) is 43.2. The summed E-state index contributed by atoms with van der Waals surface area (Å²) in [5.74, 6) is -1.47. The van der Waals surface area contributed by atoms with Gasteiger partial charge in [-0.25, -0.2) is 4.79 Å². The fourth-order valence-electron chi connectivity index (χ4n) is 8.09. The highest BCUT2D eigenvalue weighted by Crippen LogP contribution is 2.17. The van der Waals surface area contributed by atoms with Crippen molar-refractivity contribution in [1.82, 2.24) is 0 Å². The normalized spacial score (nSPS) is 13.2. The van der Waals surface area contributed by atoms with Gasteiger partial charge in [0.2, 0.25) is 0 Å². The molecule has 378 valence electrons. The van der Waals surface area contributed by atoms with E-state index in [1.54, 1.807) is 0 Å². The summed E-state index contributed by atoms with van der Waals surface area (Å²) in [5.41, 5.74) is 0. The summed E-state index contributed by atoms with van der Waals surface area (Å²) in [4.78, 5) is 37.2. The molecule has 8 heteroatoms. The van der Waals surface area contributed by atoms with Crippen LogP contribution in [0.3, 0.4) is 0 Å². The molecule has 0 heterocycles. The maximum atomic E-state index is 12.8. The van der Waals surface area contributed by atoms with Crippen molar-refractivity contribution >= 4 is 17.9 Å². The Morgan fingerprint density at radius 1 is 0.477 bits per heavy atom. The number of aliphatic carboxylic acids is 1. The monoisotopic (exact) mass is 915 g/mol. The largest absolute Gasteiger partial charge is 0.477 e. The van der Waals surface area contributed by atoms with Crippen LogP contribution in [-0.4, -0.2) is 80.6 Å². The lowest BCUT2D eigenvalue weighted by molar-refractivity contribution is -0.887. The molecule has 0 rings (SSSR count). The lowest BCUT2D eigenvalue weighted by Gasteiger charge is -2.31. The molecule has 2 atom stereocenters. The summed E-state index contributed by atoms with van der Waals surface area (Å²) >= 11 is 0. The van der Waals surface area contributed by atoms with Gasteiger partial charge < -0.3 is 23.8 Å². The van der Waals surface area contributed by atoms with E-state index in [0.717, 1.165) is 77.0 Å². The molecule has 0 aromatic rings. The van der Waals surface area contributed by atoms with Gasteiger partial charge in [-0.15, -0.1) is 0 Å². The molecule has 0 amide bonds. The highest BCUT2D eigenvalue weighted by atomic mass is 16.6. The first kappa shape index (κ1) is 62.3. The van der Waals surface area contributed by atoms with Crippen molar-refractivity contribution in [2.45, 2.75) is 257 Å². The number of unbranched alkanes of at least 4 members (excludes halogenated alkanes) is 27. The van der Waals surface area contributed by atoms with Crippen molar-refractivity contribution in [3.63, 3.8) is 0 Å². The van der Waals surface area contributed by atoms with Gasteiger partial charge in [0.15, 0.2) is 12.1 Å². The summed E-state index contributed by atoms with van der Waals surface area (Å²) in [5, 5.41) is 9.66. The van der Waals surface area contributed by atoms with Crippen molar-refractivity contribution in [2.24, 2.45) is 0 Å². The van der Waals surface area contributed by atoms with E-state index in [-0.39, 0.29) is 36.2 Å². The summed E-state index contributed by atoms with van der Waals surface area (Å²) < 4.78 is 17.4. The van der Waals surface area contributed by atoms with Gasteiger partial charge in [-0.05, 0) is 51.4 Å². The van der Waals surface area contributed by atoms with Crippen molar-refractivity contribution in [2.75, 3.05) is 41.0 Å². The Balaban J connectivity index is 4.20. The van der Waals surface area contributed by atoms with E-state index < -0.39 is 18.1 Å². The summed E-state index contributed by atoms with van der Waals surface area (Å²) in [6, 6.07) is -0.618. The molecule has 65 heavy (non-hydrogen) atoms. The number of ether oxygens (including phenoxy) is 3. The molecule has 0 spiro atoms. The minimum atomic E-state index is -0.876. The number of esters is 2. The summed E-state index contributed by atoms with van der Waals surface area (Å²) in [6.45, 7) is 4.65. The second kappa shape index (κ2) is 47.8. The fourth-order valence-corrected chi connectivity index (χ4v) is 8.09. The molecule has 0 aromatic heterocycles. The maximum Gasteiger partial charge on any atom is 0.362 e. The second-order valence-corrected chi connectivity index (χ2v) is 19.5. The average molecular weight is 915 g/mol. The number of carboxylic acid groups (broad SMARTS) is 1. The molecule has 0 saturated carbocycles. The van der Waals surface area contributed by atoms with Crippen LogP contribution < -0.4 is 0 Å². The van der Waals surface area contributed by atoms with Crippen molar-refractivity contribution in [1.29, 1.82) is 0 Å². The van der Waals surface area contributed by atoms with Crippen LogP contribution in [0.2, 0.25) is 0 Å². The Morgan fingerprint density at radius 2 is 0.862 bits per heavy atom. The molecule has 1 N–H and O–H groups in total. The molecule has 0 aliphatic carbocycles. The average Bonchev–Trinajstić information content (AvgIpc) is 3.27. The van der Waals surface area contributed by atoms with E-state index in [4.69, 9.17) is 14.2 Å². The van der Waals surface area contributed by atoms with Crippen LogP contribution in [0.4, 0.5) is 0 Å². The first-order valence-corrected chi connectivity index (χ1v) is 27.2. The molecule has 0 bridgehead atoms. The van der Waals surface area contributed by atoms with Crippen LogP contribution in [0.5, 0.6) is 0 Å². The van der Waals surface area contributed by atoms with Crippen molar-refractivity contribution in [3.05, 3.63) is 48.6 Å². The lowest BCUT2D eigenvalue weighted by Crippen LogP contribution is -2.50. The predicted molar refractivity (Wildman–Crippen MR) is 275 cm³/mol. The van der Waals surface area contributed by atoms with Gasteiger partial charge >= 0.3 is 17.9 Å². The number of likely N-dealkylation sites (N-methyl/N-ethyl adjacent to an activating group) is 1. The van der Waals surface area contributed by atoms with Gasteiger partial charge in [-0.1, -0.05) is 223 Å². The first-order valence-electron chi connectivity index (χ1n) is 27.2. The van der Waals surface area contributed by atoms with Crippen LogP contribution in [0.15, 0.2) is 48.6 Å². The molecule has 2 unspecified atom stereocenters. The molecule has 0 saturated heterocycles. The van der Waals surface area contributed by atoms with E-state index in [9.17, 15) is 19.5 Å². The Hall–Kier alpha value is -2.71. The number of rotatable bonds is 49. The highest BCUT2D eigenvalue weighted by molar-refractivity contribution is 5.72. The fraction of sp³-hybridized carbons (Fsp3) is 0.807. The van der Waals surface area contributed by atoms with E-state index in [2.05, 4.69) is 62.5 Å². The highest BCUT2D eigenvalue weighted by Gasteiger charge is 2.31. The number of nitrogens with zero attached hydrogens (tertiary/aromatic N) is 1. The van der Waals surface area contributed by atoms with E-state index in [1.807, 2.05) is 21.1 Å². The molecule has 0 radical (unpaired) electrons. The number of carbonyl (C=O) groups is 3. The molecular formula is C57H104NO7+. The predicted octanol–water partition coefficient (Wildman–Crippen LogP) is 15.9. The number of carbonyl (C=O) groups excluding carboxylic acids is 2. The Kier molecular flexibility index (Phi) is 45.8. The molecule has 0 aliphatic rings. The number of carboxylic acids is 1.